The molecule has 0 amide bonds. The van der Waals surface area contributed by atoms with Gasteiger partial charge in [-0.2, -0.15) is 0 Å². The number of hydrogen-bond acceptors (Lipinski definition) is 1. The van der Waals surface area contributed by atoms with E-state index in [1.165, 1.54) is 35.2 Å². The smallest absolute Gasteiger partial charge is 0.0239 e. The Balaban J connectivity index is 1.93. The van der Waals surface area contributed by atoms with Gasteiger partial charge in [-0.05, 0) is 48.6 Å². The van der Waals surface area contributed by atoms with E-state index in [1.807, 2.05) is 0 Å². The lowest BCUT2D eigenvalue weighted by Crippen LogP contribution is -2.35. The van der Waals surface area contributed by atoms with Gasteiger partial charge in [0.05, 0.1) is 0 Å². The van der Waals surface area contributed by atoms with Crippen molar-refractivity contribution in [1.82, 2.24) is 4.90 Å². The summed E-state index contributed by atoms with van der Waals surface area (Å²) in [6, 6.07) is 18.2. The molecule has 0 radical (unpaired) electrons. The Morgan fingerprint density at radius 2 is 1.68 bits per heavy atom. The Bertz CT molecular complexity index is 557. The standard InChI is InChI=1S/C18H21N/c1-14(2)19-11-10-16-8-9-17(12-18(16)13-19)15-6-4-3-5-7-15/h3-9,12,14H,10-11,13H2,1-2H3. The van der Waals surface area contributed by atoms with E-state index in [0.717, 1.165) is 6.54 Å². The number of hydrogen-bond donors (Lipinski definition) is 0. The fraction of sp³-hybridized carbons (Fsp3) is 0.333. The molecule has 1 heterocycles. The molecule has 0 aliphatic carbocycles. The first kappa shape index (κ1) is 12.4. The van der Waals surface area contributed by atoms with Crippen molar-refractivity contribution in [3.63, 3.8) is 0 Å². The molecule has 3 rings (SSSR count). The Hall–Kier alpha value is -1.60. The summed E-state index contributed by atoms with van der Waals surface area (Å²) in [7, 11) is 0. The quantitative estimate of drug-likeness (QED) is 0.776. The Morgan fingerprint density at radius 1 is 0.895 bits per heavy atom. The van der Waals surface area contributed by atoms with Crippen LogP contribution in [0.25, 0.3) is 11.1 Å². The second-order valence-electron chi connectivity index (χ2n) is 5.66. The van der Waals surface area contributed by atoms with Crippen LogP contribution >= 0.6 is 0 Å². The third-order valence-electron chi connectivity index (χ3n) is 4.09. The molecular weight excluding hydrogens is 230 g/mol. The highest BCUT2D eigenvalue weighted by Gasteiger charge is 2.18. The lowest BCUT2D eigenvalue weighted by molar-refractivity contribution is 0.203. The van der Waals surface area contributed by atoms with Gasteiger partial charge in [0, 0.05) is 19.1 Å². The molecule has 1 aliphatic heterocycles. The number of rotatable bonds is 2. The summed E-state index contributed by atoms with van der Waals surface area (Å²) in [5.74, 6) is 0. The molecule has 0 bridgehead atoms. The van der Waals surface area contributed by atoms with E-state index < -0.39 is 0 Å². The molecule has 0 spiro atoms. The van der Waals surface area contributed by atoms with Crippen LogP contribution < -0.4 is 0 Å². The zero-order chi connectivity index (χ0) is 13.2. The summed E-state index contributed by atoms with van der Waals surface area (Å²) in [6.45, 7) is 6.85. The minimum absolute atomic E-state index is 0.633. The van der Waals surface area contributed by atoms with E-state index in [-0.39, 0.29) is 0 Å². The first-order valence-electron chi connectivity index (χ1n) is 7.15. The lowest BCUT2D eigenvalue weighted by Gasteiger charge is -2.32. The van der Waals surface area contributed by atoms with Gasteiger partial charge in [0.15, 0.2) is 0 Å². The van der Waals surface area contributed by atoms with Gasteiger partial charge in [-0.1, -0.05) is 42.5 Å². The second kappa shape index (κ2) is 5.18. The van der Waals surface area contributed by atoms with Crippen LogP contribution in [0.2, 0.25) is 0 Å². The lowest BCUT2D eigenvalue weighted by atomic mass is 9.94. The van der Waals surface area contributed by atoms with Crippen molar-refractivity contribution in [2.24, 2.45) is 0 Å². The summed E-state index contributed by atoms with van der Waals surface area (Å²) in [6.07, 6.45) is 1.18. The van der Waals surface area contributed by atoms with Crippen molar-refractivity contribution in [3.8, 4) is 11.1 Å². The normalized spacial score (nSPS) is 15.5. The van der Waals surface area contributed by atoms with Crippen molar-refractivity contribution < 1.29 is 0 Å². The maximum absolute atomic E-state index is 2.55. The first-order valence-corrected chi connectivity index (χ1v) is 7.15. The van der Waals surface area contributed by atoms with Crippen molar-refractivity contribution in [1.29, 1.82) is 0 Å². The fourth-order valence-corrected chi connectivity index (χ4v) is 2.83. The average Bonchev–Trinajstić information content (AvgIpc) is 2.47. The monoisotopic (exact) mass is 251 g/mol. The molecule has 19 heavy (non-hydrogen) atoms. The van der Waals surface area contributed by atoms with Crippen LogP contribution in [0.3, 0.4) is 0 Å². The third-order valence-corrected chi connectivity index (χ3v) is 4.09. The van der Waals surface area contributed by atoms with Crippen LogP contribution in [0.5, 0.6) is 0 Å². The molecule has 2 aromatic rings. The van der Waals surface area contributed by atoms with Crippen LogP contribution in [0.4, 0.5) is 0 Å². The largest absolute Gasteiger partial charge is 0.296 e. The van der Waals surface area contributed by atoms with Crippen molar-refractivity contribution >= 4 is 0 Å². The van der Waals surface area contributed by atoms with Gasteiger partial charge in [0.25, 0.3) is 0 Å². The molecule has 2 aromatic carbocycles. The average molecular weight is 251 g/mol. The van der Waals surface area contributed by atoms with E-state index in [1.54, 1.807) is 0 Å². The van der Waals surface area contributed by atoms with E-state index in [0.29, 0.717) is 6.04 Å². The molecular formula is C18H21N. The van der Waals surface area contributed by atoms with Crippen molar-refractivity contribution in [2.45, 2.75) is 32.9 Å². The van der Waals surface area contributed by atoms with Gasteiger partial charge in [0.2, 0.25) is 0 Å². The SMILES string of the molecule is CC(C)N1CCc2ccc(-c3ccccc3)cc2C1. The van der Waals surface area contributed by atoms with E-state index in [4.69, 9.17) is 0 Å². The summed E-state index contributed by atoms with van der Waals surface area (Å²) < 4.78 is 0. The molecule has 0 unspecified atom stereocenters. The second-order valence-corrected chi connectivity index (χ2v) is 5.66. The van der Waals surface area contributed by atoms with Crippen molar-refractivity contribution in [2.75, 3.05) is 6.54 Å². The van der Waals surface area contributed by atoms with Crippen LogP contribution in [0.15, 0.2) is 48.5 Å². The van der Waals surface area contributed by atoms with Gasteiger partial charge in [-0.3, -0.25) is 4.90 Å². The topological polar surface area (TPSA) is 3.24 Å². The maximum Gasteiger partial charge on any atom is 0.0239 e. The van der Waals surface area contributed by atoms with Crippen LogP contribution in [0, 0.1) is 0 Å². The highest BCUT2D eigenvalue weighted by Crippen LogP contribution is 2.26. The molecule has 0 fully saturated rings. The van der Waals surface area contributed by atoms with Crippen LogP contribution in [-0.4, -0.2) is 17.5 Å². The molecule has 1 heteroatoms. The fourth-order valence-electron chi connectivity index (χ4n) is 2.83. The molecule has 0 saturated carbocycles. The predicted molar refractivity (Wildman–Crippen MR) is 81.1 cm³/mol. The molecule has 0 N–H and O–H groups in total. The zero-order valence-corrected chi connectivity index (χ0v) is 11.8. The van der Waals surface area contributed by atoms with Gasteiger partial charge in [0.1, 0.15) is 0 Å². The minimum Gasteiger partial charge on any atom is -0.296 e. The molecule has 0 atom stereocenters. The van der Waals surface area contributed by atoms with Crippen molar-refractivity contribution in [3.05, 3.63) is 59.7 Å². The number of benzene rings is 2. The first-order chi connectivity index (χ1) is 9.24. The Labute approximate surface area is 115 Å². The van der Waals surface area contributed by atoms with Crippen LogP contribution in [-0.2, 0) is 13.0 Å². The van der Waals surface area contributed by atoms with E-state index in [9.17, 15) is 0 Å². The van der Waals surface area contributed by atoms with Gasteiger partial charge in [-0.15, -0.1) is 0 Å². The third kappa shape index (κ3) is 2.57. The van der Waals surface area contributed by atoms with Gasteiger partial charge < -0.3 is 0 Å². The maximum atomic E-state index is 2.55. The number of nitrogens with zero attached hydrogens (tertiary/aromatic N) is 1. The minimum atomic E-state index is 0.633. The predicted octanol–water partition coefficient (Wildman–Crippen LogP) is 4.12. The molecule has 98 valence electrons. The zero-order valence-electron chi connectivity index (χ0n) is 11.8. The van der Waals surface area contributed by atoms with Gasteiger partial charge in [-0.25, -0.2) is 0 Å². The highest BCUT2D eigenvalue weighted by atomic mass is 15.1. The summed E-state index contributed by atoms with van der Waals surface area (Å²) >= 11 is 0. The summed E-state index contributed by atoms with van der Waals surface area (Å²) in [5.41, 5.74) is 5.68. The molecule has 1 nitrogen and oxygen atoms in total. The summed E-state index contributed by atoms with van der Waals surface area (Å²) in [4.78, 5) is 2.55. The van der Waals surface area contributed by atoms with E-state index in [2.05, 4.69) is 67.3 Å². The van der Waals surface area contributed by atoms with Gasteiger partial charge >= 0.3 is 0 Å². The highest BCUT2D eigenvalue weighted by molar-refractivity contribution is 5.65. The molecule has 0 saturated heterocycles. The number of fused-ring (bicyclic) bond motifs is 1. The Morgan fingerprint density at radius 3 is 2.42 bits per heavy atom. The molecule has 0 aromatic heterocycles. The van der Waals surface area contributed by atoms with Crippen LogP contribution in [0.1, 0.15) is 25.0 Å². The summed E-state index contributed by atoms with van der Waals surface area (Å²) in [5, 5.41) is 0. The van der Waals surface area contributed by atoms with E-state index >= 15 is 0 Å². The molecule has 1 aliphatic rings. The Kier molecular flexibility index (Phi) is 3.39.